The second-order valence-corrected chi connectivity index (χ2v) is 6.61. The maximum Gasteiger partial charge on any atom is 0.119 e. The summed E-state index contributed by atoms with van der Waals surface area (Å²) >= 11 is 5.99. The Balaban J connectivity index is 1.83. The second kappa shape index (κ2) is 7.48. The van der Waals surface area contributed by atoms with Crippen molar-refractivity contribution >= 4 is 11.6 Å². The zero-order valence-corrected chi connectivity index (χ0v) is 13.9. The molecular weight excluding hydrogens is 286 g/mol. The largest absolute Gasteiger partial charge is 0.491 e. The third-order valence-corrected chi connectivity index (χ3v) is 4.79. The number of β-amino-alcohol motifs (C(OH)–C–C–N with tert-alkyl or cyclic N) is 1. The van der Waals surface area contributed by atoms with Crippen LogP contribution in [0.3, 0.4) is 0 Å². The van der Waals surface area contributed by atoms with Crippen LogP contribution in [0.4, 0.5) is 0 Å². The first-order chi connectivity index (χ1) is 9.97. The van der Waals surface area contributed by atoms with Gasteiger partial charge >= 0.3 is 0 Å². The number of benzene rings is 1. The average molecular weight is 312 g/mol. The molecule has 1 aliphatic heterocycles. The molecule has 0 aromatic heterocycles. The van der Waals surface area contributed by atoms with Crippen LogP contribution in [0.15, 0.2) is 18.2 Å². The lowest BCUT2D eigenvalue weighted by Crippen LogP contribution is -2.48. The molecule has 1 N–H and O–H groups in total. The minimum Gasteiger partial charge on any atom is -0.491 e. The third kappa shape index (κ3) is 4.60. The van der Waals surface area contributed by atoms with Crippen LogP contribution in [-0.2, 0) is 0 Å². The summed E-state index contributed by atoms with van der Waals surface area (Å²) in [5, 5.41) is 11.0. The summed E-state index contributed by atoms with van der Waals surface area (Å²) in [4.78, 5) is 2.39. The number of halogens is 1. The van der Waals surface area contributed by atoms with Gasteiger partial charge in [0.2, 0.25) is 0 Å². The average Bonchev–Trinajstić information content (AvgIpc) is 2.44. The molecule has 0 aliphatic carbocycles. The standard InChI is InChI=1S/C17H26ClNO2/c1-12-9-16(7-8-17(12)18)21-11-15(20)10-19-13(2)5-4-6-14(19)3/h7-9,13-15,20H,4-6,10-11H2,1-3H3/t13-,14-,15-/m0/s1. The Morgan fingerprint density at radius 3 is 2.62 bits per heavy atom. The molecule has 21 heavy (non-hydrogen) atoms. The lowest BCUT2D eigenvalue weighted by atomic mass is 9.97. The Kier molecular flexibility index (Phi) is 5.91. The first kappa shape index (κ1) is 16.6. The van der Waals surface area contributed by atoms with E-state index in [9.17, 15) is 5.11 Å². The fraction of sp³-hybridized carbons (Fsp3) is 0.647. The maximum absolute atomic E-state index is 10.2. The van der Waals surface area contributed by atoms with Gasteiger partial charge in [-0.15, -0.1) is 0 Å². The molecule has 1 fully saturated rings. The van der Waals surface area contributed by atoms with Crippen molar-refractivity contribution < 1.29 is 9.84 Å². The number of nitrogens with zero attached hydrogens (tertiary/aromatic N) is 1. The number of aliphatic hydroxyl groups excluding tert-OH is 1. The van der Waals surface area contributed by atoms with Crippen LogP contribution in [0.5, 0.6) is 5.75 Å². The molecule has 4 heteroatoms. The van der Waals surface area contributed by atoms with E-state index in [4.69, 9.17) is 16.3 Å². The van der Waals surface area contributed by atoms with Gasteiger partial charge in [-0.25, -0.2) is 0 Å². The summed E-state index contributed by atoms with van der Waals surface area (Å²) < 4.78 is 5.68. The molecule has 0 saturated carbocycles. The lowest BCUT2D eigenvalue weighted by Gasteiger charge is -2.40. The number of hydrogen-bond acceptors (Lipinski definition) is 3. The smallest absolute Gasteiger partial charge is 0.119 e. The van der Waals surface area contributed by atoms with Crippen LogP contribution < -0.4 is 4.74 Å². The highest BCUT2D eigenvalue weighted by Gasteiger charge is 2.26. The maximum atomic E-state index is 10.2. The van der Waals surface area contributed by atoms with Crippen LogP contribution in [0.1, 0.15) is 38.7 Å². The van der Waals surface area contributed by atoms with Gasteiger partial charge < -0.3 is 9.84 Å². The molecule has 1 saturated heterocycles. The molecule has 3 nitrogen and oxygen atoms in total. The van der Waals surface area contributed by atoms with Gasteiger partial charge in [0.1, 0.15) is 18.5 Å². The van der Waals surface area contributed by atoms with Crippen LogP contribution in [-0.4, -0.2) is 41.3 Å². The number of aliphatic hydroxyl groups is 1. The minimum atomic E-state index is -0.469. The van der Waals surface area contributed by atoms with Gasteiger partial charge in [0, 0.05) is 23.7 Å². The molecular formula is C17H26ClNO2. The molecule has 0 amide bonds. The number of rotatable bonds is 5. The van der Waals surface area contributed by atoms with Crippen LogP contribution in [0, 0.1) is 6.92 Å². The van der Waals surface area contributed by atoms with Crippen molar-refractivity contribution in [1.82, 2.24) is 4.90 Å². The molecule has 3 atom stereocenters. The molecule has 0 unspecified atom stereocenters. The highest BCUT2D eigenvalue weighted by molar-refractivity contribution is 6.31. The van der Waals surface area contributed by atoms with Gasteiger partial charge in [0.25, 0.3) is 0 Å². The summed E-state index contributed by atoms with van der Waals surface area (Å²) in [6.45, 7) is 7.42. The Morgan fingerprint density at radius 2 is 2.00 bits per heavy atom. The molecule has 1 aliphatic rings. The van der Waals surface area contributed by atoms with Crippen molar-refractivity contribution in [3.8, 4) is 5.75 Å². The molecule has 1 heterocycles. The third-order valence-electron chi connectivity index (χ3n) is 4.37. The highest BCUT2D eigenvalue weighted by atomic mass is 35.5. The fourth-order valence-corrected chi connectivity index (χ4v) is 3.15. The summed E-state index contributed by atoms with van der Waals surface area (Å²) in [5.74, 6) is 0.760. The normalized spacial score (nSPS) is 24.8. The SMILES string of the molecule is Cc1cc(OC[C@@H](O)CN2[C@@H](C)CCC[C@@H]2C)ccc1Cl. The molecule has 118 valence electrons. The minimum absolute atomic E-state index is 0.316. The van der Waals surface area contributed by atoms with Crippen molar-refractivity contribution in [3.63, 3.8) is 0 Å². The summed E-state index contributed by atoms with van der Waals surface area (Å²) in [6, 6.07) is 6.66. The molecule has 2 rings (SSSR count). The van der Waals surface area contributed by atoms with Crippen molar-refractivity contribution in [2.24, 2.45) is 0 Å². The lowest BCUT2D eigenvalue weighted by molar-refractivity contribution is 0.0209. The number of likely N-dealkylation sites (tertiary alicyclic amines) is 1. The van der Waals surface area contributed by atoms with E-state index in [1.54, 1.807) is 0 Å². The van der Waals surface area contributed by atoms with Crippen LogP contribution >= 0.6 is 11.6 Å². The topological polar surface area (TPSA) is 32.7 Å². The molecule has 0 bridgehead atoms. The Bertz CT molecular complexity index is 456. The number of ether oxygens (including phenoxy) is 1. The van der Waals surface area contributed by atoms with Crippen molar-refractivity contribution in [1.29, 1.82) is 0 Å². The number of aryl methyl sites for hydroxylation is 1. The predicted octanol–water partition coefficient (Wildman–Crippen LogP) is 3.65. The first-order valence-electron chi connectivity index (χ1n) is 7.80. The molecule has 0 radical (unpaired) electrons. The van der Waals surface area contributed by atoms with Crippen molar-refractivity contribution in [3.05, 3.63) is 28.8 Å². The van der Waals surface area contributed by atoms with Crippen LogP contribution in [0.2, 0.25) is 5.02 Å². The van der Waals surface area contributed by atoms with Crippen molar-refractivity contribution in [2.45, 2.75) is 58.2 Å². The Morgan fingerprint density at radius 1 is 1.33 bits per heavy atom. The highest BCUT2D eigenvalue weighted by Crippen LogP contribution is 2.23. The Labute approximate surface area is 132 Å². The summed E-state index contributed by atoms with van der Waals surface area (Å²) in [6.07, 6.45) is 3.25. The van der Waals surface area contributed by atoms with Crippen LogP contribution in [0.25, 0.3) is 0 Å². The zero-order chi connectivity index (χ0) is 15.4. The Hall–Kier alpha value is -0.770. The number of piperidine rings is 1. The zero-order valence-electron chi connectivity index (χ0n) is 13.2. The summed E-state index contributed by atoms with van der Waals surface area (Å²) in [7, 11) is 0. The summed E-state index contributed by atoms with van der Waals surface area (Å²) in [5.41, 5.74) is 0.988. The van der Waals surface area contributed by atoms with Gasteiger partial charge in [-0.3, -0.25) is 4.90 Å². The number of hydrogen-bond donors (Lipinski definition) is 1. The molecule has 0 spiro atoms. The van der Waals surface area contributed by atoms with Gasteiger partial charge in [-0.05, 0) is 57.4 Å². The van der Waals surface area contributed by atoms with E-state index in [1.165, 1.54) is 19.3 Å². The van der Waals surface area contributed by atoms with Gasteiger partial charge in [0.05, 0.1) is 0 Å². The second-order valence-electron chi connectivity index (χ2n) is 6.20. The van der Waals surface area contributed by atoms with Gasteiger partial charge in [0.15, 0.2) is 0 Å². The van der Waals surface area contributed by atoms with Gasteiger partial charge in [-0.1, -0.05) is 18.0 Å². The van der Waals surface area contributed by atoms with E-state index in [2.05, 4.69) is 18.7 Å². The van der Waals surface area contributed by atoms with E-state index < -0.39 is 6.10 Å². The van der Waals surface area contributed by atoms with E-state index in [0.717, 1.165) is 16.3 Å². The quantitative estimate of drug-likeness (QED) is 0.901. The monoisotopic (exact) mass is 311 g/mol. The van der Waals surface area contributed by atoms with E-state index in [1.807, 2.05) is 25.1 Å². The van der Waals surface area contributed by atoms with Gasteiger partial charge in [-0.2, -0.15) is 0 Å². The van der Waals surface area contributed by atoms with E-state index >= 15 is 0 Å². The van der Waals surface area contributed by atoms with Crippen molar-refractivity contribution in [2.75, 3.05) is 13.2 Å². The predicted molar refractivity (Wildman–Crippen MR) is 87.2 cm³/mol. The van der Waals surface area contributed by atoms with E-state index in [-0.39, 0.29) is 0 Å². The molecule has 1 aromatic rings. The molecule has 1 aromatic carbocycles. The first-order valence-corrected chi connectivity index (χ1v) is 8.18. The fourth-order valence-electron chi connectivity index (χ4n) is 3.03. The van der Waals surface area contributed by atoms with E-state index in [0.29, 0.717) is 25.2 Å².